The first-order valence-electron chi connectivity index (χ1n) is 3.34. The zero-order chi connectivity index (χ0) is 8.48. The van der Waals surface area contributed by atoms with Crippen molar-refractivity contribution in [1.29, 1.82) is 0 Å². The van der Waals surface area contributed by atoms with Gasteiger partial charge in [-0.25, -0.2) is 0 Å². The molecular weight excluding hydrogens is 206 g/mol. The Labute approximate surface area is 81.3 Å². The molecule has 11 heavy (non-hydrogen) atoms. The molecule has 0 amide bonds. The van der Waals surface area contributed by atoms with Gasteiger partial charge in [0.2, 0.25) is 3.79 Å². The molecule has 1 nitrogen and oxygen atoms in total. The van der Waals surface area contributed by atoms with Crippen LogP contribution >= 0.6 is 34.8 Å². The van der Waals surface area contributed by atoms with Crippen molar-refractivity contribution in [2.75, 3.05) is 6.61 Å². The van der Waals surface area contributed by atoms with E-state index >= 15 is 0 Å². The van der Waals surface area contributed by atoms with Gasteiger partial charge in [-0.15, -0.1) is 0 Å². The highest BCUT2D eigenvalue weighted by molar-refractivity contribution is 6.68. The molecule has 1 unspecified atom stereocenters. The van der Waals surface area contributed by atoms with Crippen LogP contribution < -0.4 is 0 Å². The van der Waals surface area contributed by atoms with Crippen LogP contribution in [0.4, 0.5) is 0 Å². The van der Waals surface area contributed by atoms with Crippen LogP contribution in [0.15, 0.2) is 11.6 Å². The lowest BCUT2D eigenvalue weighted by Gasteiger charge is -2.27. The van der Waals surface area contributed by atoms with E-state index in [1.807, 2.05) is 13.0 Å². The number of alkyl halides is 3. The van der Waals surface area contributed by atoms with E-state index in [0.29, 0.717) is 13.0 Å². The predicted molar refractivity (Wildman–Crippen MR) is 48.4 cm³/mol. The minimum atomic E-state index is -1.30. The second kappa shape index (κ2) is 3.53. The van der Waals surface area contributed by atoms with Crippen LogP contribution in [0.25, 0.3) is 0 Å². The first-order valence-corrected chi connectivity index (χ1v) is 4.47. The van der Waals surface area contributed by atoms with Crippen molar-refractivity contribution in [2.45, 2.75) is 23.2 Å². The van der Waals surface area contributed by atoms with E-state index in [1.54, 1.807) is 0 Å². The van der Waals surface area contributed by atoms with Gasteiger partial charge in [0.1, 0.15) is 6.10 Å². The maximum Gasteiger partial charge on any atom is 0.216 e. The summed E-state index contributed by atoms with van der Waals surface area (Å²) in [6.07, 6.45) is 2.40. The average Bonchev–Trinajstić information content (AvgIpc) is 1.86. The van der Waals surface area contributed by atoms with Crippen molar-refractivity contribution in [1.82, 2.24) is 0 Å². The third-order valence-corrected chi connectivity index (χ3v) is 2.33. The fraction of sp³-hybridized carbons (Fsp3) is 0.714. The first kappa shape index (κ1) is 9.66. The van der Waals surface area contributed by atoms with Gasteiger partial charge in [0.25, 0.3) is 0 Å². The molecule has 0 aromatic carbocycles. The summed E-state index contributed by atoms with van der Waals surface area (Å²) in [6, 6.07) is 0. The SMILES string of the molecule is CC1=CCOC(C(Cl)(Cl)Cl)C1. The Morgan fingerprint density at radius 2 is 2.18 bits per heavy atom. The fourth-order valence-electron chi connectivity index (χ4n) is 0.951. The van der Waals surface area contributed by atoms with Crippen molar-refractivity contribution in [3.63, 3.8) is 0 Å². The summed E-state index contributed by atoms with van der Waals surface area (Å²) in [5, 5.41) is 0. The van der Waals surface area contributed by atoms with Crippen molar-refractivity contribution in [3.8, 4) is 0 Å². The lowest BCUT2D eigenvalue weighted by molar-refractivity contribution is 0.0674. The van der Waals surface area contributed by atoms with E-state index in [0.717, 1.165) is 0 Å². The topological polar surface area (TPSA) is 9.23 Å². The zero-order valence-electron chi connectivity index (χ0n) is 6.11. The van der Waals surface area contributed by atoms with Crippen LogP contribution in [0, 0.1) is 0 Å². The maximum absolute atomic E-state index is 5.66. The average molecular weight is 216 g/mol. The molecule has 0 bridgehead atoms. The molecule has 0 aliphatic carbocycles. The van der Waals surface area contributed by atoms with Crippen molar-refractivity contribution >= 4 is 34.8 Å². The highest BCUT2D eigenvalue weighted by atomic mass is 35.6. The predicted octanol–water partition coefficient (Wildman–Crippen LogP) is 3.09. The van der Waals surface area contributed by atoms with Crippen LogP contribution in [-0.4, -0.2) is 16.5 Å². The molecule has 0 N–H and O–H groups in total. The molecule has 0 aromatic rings. The lowest BCUT2D eigenvalue weighted by Crippen LogP contribution is -2.31. The van der Waals surface area contributed by atoms with Gasteiger partial charge in [0, 0.05) is 0 Å². The summed E-state index contributed by atoms with van der Waals surface area (Å²) >= 11 is 17.0. The van der Waals surface area contributed by atoms with E-state index in [1.165, 1.54) is 5.57 Å². The Morgan fingerprint density at radius 1 is 1.55 bits per heavy atom. The van der Waals surface area contributed by atoms with Gasteiger partial charge < -0.3 is 4.74 Å². The third kappa shape index (κ3) is 2.83. The van der Waals surface area contributed by atoms with E-state index in [9.17, 15) is 0 Å². The Hall–Kier alpha value is 0.570. The fourth-order valence-corrected chi connectivity index (χ4v) is 1.37. The van der Waals surface area contributed by atoms with Gasteiger partial charge >= 0.3 is 0 Å². The third-order valence-electron chi connectivity index (χ3n) is 1.60. The molecule has 1 heterocycles. The van der Waals surface area contributed by atoms with Gasteiger partial charge in [0.05, 0.1) is 6.61 Å². The second-order valence-electron chi connectivity index (χ2n) is 2.62. The zero-order valence-corrected chi connectivity index (χ0v) is 8.38. The molecule has 0 saturated heterocycles. The smallest absolute Gasteiger partial charge is 0.216 e. The highest BCUT2D eigenvalue weighted by Gasteiger charge is 2.34. The van der Waals surface area contributed by atoms with Crippen molar-refractivity contribution in [2.24, 2.45) is 0 Å². The van der Waals surface area contributed by atoms with Gasteiger partial charge in [-0.1, -0.05) is 46.5 Å². The summed E-state index contributed by atoms with van der Waals surface area (Å²) in [7, 11) is 0. The van der Waals surface area contributed by atoms with E-state index in [-0.39, 0.29) is 6.10 Å². The minimum Gasteiger partial charge on any atom is -0.369 e. The van der Waals surface area contributed by atoms with Crippen LogP contribution in [0.3, 0.4) is 0 Å². The monoisotopic (exact) mass is 214 g/mol. The Bertz CT molecular complexity index is 171. The van der Waals surface area contributed by atoms with Crippen LogP contribution in [0.1, 0.15) is 13.3 Å². The number of hydrogen-bond acceptors (Lipinski definition) is 1. The summed E-state index contributed by atoms with van der Waals surface area (Å²) < 4.78 is 3.94. The minimum absolute atomic E-state index is 0.294. The van der Waals surface area contributed by atoms with Gasteiger partial charge in [-0.3, -0.25) is 0 Å². The molecule has 64 valence electrons. The summed E-state index contributed by atoms with van der Waals surface area (Å²) in [5.74, 6) is 0. The van der Waals surface area contributed by atoms with Crippen molar-refractivity contribution in [3.05, 3.63) is 11.6 Å². The Balaban J connectivity index is 2.58. The van der Waals surface area contributed by atoms with E-state index in [2.05, 4.69) is 0 Å². The standard InChI is InChI=1S/C7H9Cl3O/c1-5-2-3-11-6(4-5)7(8,9)10/h2,6H,3-4H2,1H3. The summed E-state index contributed by atoms with van der Waals surface area (Å²) in [4.78, 5) is 0. The lowest BCUT2D eigenvalue weighted by atomic mass is 10.1. The van der Waals surface area contributed by atoms with Gasteiger partial charge in [-0.2, -0.15) is 0 Å². The van der Waals surface area contributed by atoms with E-state index in [4.69, 9.17) is 39.5 Å². The Kier molecular flexibility index (Phi) is 3.10. The van der Waals surface area contributed by atoms with Gasteiger partial charge in [-0.05, 0) is 13.3 Å². The maximum atomic E-state index is 5.66. The second-order valence-corrected chi connectivity index (χ2v) is 4.99. The van der Waals surface area contributed by atoms with Gasteiger partial charge in [0.15, 0.2) is 0 Å². The highest BCUT2D eigenvalue weighted by Crippen LogP contribution is 2.36. The van der Waals surface area contributed by atoms with Crippen LogP contribution in [0.2, 0.25) is 0 Å². The molecule has 0 fully saturated rings. The molecule has 0 aromatic heterocycles. The van der Waals surface area contributed by atoms with Crippen LogP contribution in [0.5, 0.6) is 0 Å². The summed E-state index contributed by atoms with van der Waals surface area (Å²) in [6.45, 7) is 2.55. The van der Waals surface area contributed by atoms with E-state index < -0.39 is 3.79 Å². The normalized spacial score (nSPS) is 26.5. The van der Waals surface area contributed by atoms with Crippen molar-refractivity contribution < 1.29 is 4.74 Å². The molecular formula is C7H9Cl3O. The first-order chi connectivity index (χ1) is 5.00. The molecule has 1 aliphatic heterocycles. The molecule has 1 aliphatic rings. The quantitative estimate of drug-likeness (QED) is 0.446. The van der Waals surface area contributed by atoms with Crippen LogP contribution in [-0.2, 0) is 4.74 Å². The molecule has 0 radical (unpaired) electrons. The number of halogens is 3. The molecule has 0 saturated carbocycles. The largest absolute Gasteiger partial charge is 0.369 e. The molecule has 4 heteroatoms. The number of rotatable bonds is 0. The molecule has 1 rings (SSSR count). The Morgan fingerprint density at radius 3 is 2.55 bits per heavy atom. The summed E-state index contributed by atoms with van der Waals surface area (Å²) in [5.41, 5.74) is 1.22. The number of ether oxygens (including phenoxy) is 1. The molecule has 0 spiro atoms. The molecule has 1 atom stereocenters. The number of hydrogen-bond donors (Lipinski definition) is 0.